The summed E-state index contributed by atoms with van der Waals surface area (Å²) in [4.78, 5) is 2.43. The quantitative estimate of drug-likeness (QED) is 0.351. The highest BCUT2D eigenvalue weighted by Gasteiger charge is 2.55. The molecule has 2 aromatic carbocycles. The Morgan fingerprint density at radius 1 is 1.19 bits per heavy atom. The zero-order valence-electron chi connectivity index (χ0n) is 13.7. The van der Waals surface area contributed by atoms with Gasteiger partial charge in [-0.2, -0.15) is 0 Å². The molecule has 0 unspecified atom stereocenters. The van der Waals surface area contributed by atoms with Crippen LogP contribution < -0.4 is 0 Å². The van der Waals surface area contributed by atoms with Crippen LogP contribution in [0.2, 0.25) is 0 Å². The van der Waals surface area contributed by atoms with Crippen LogP contribution in [0.1, 0.15) is 5.56 Å². The van der Waals surface area contributed by atoms with Crippen molar-refractivity contribution in [1.82, 2.24) is 0 Å². The molecule has 3 rings (SSSR count). The van der Waals surface area contributed by atoms with Crippen molar-refractivity contribution in [3.63, 3.8) is 0 Å². The van der Waals surface area contributed by atoms with Crippen molar-refractivity contribution in [2.75, 3.05) is 6.61 Å². The number of ether oxygens (including phenoxy) is 2. The first-order valence-electron chi connectivity index (χ1n) is 8.00. The molecule has 2 aromatic rings. The fourth-order valence-electron chi connectivity index (χ4n) is 2.98. The van der Waals surface area contributed by atoms with Crippen LogP contribution in [0.4, 0.5) is 0 Å². The van der Waals surface area contributed by atoms with Crippen molar-refractivity contribution in [1.29, 1.82) is 0 Å². The van der Waals surface area contributed by atoms with E-state index in [2.05, 4.69) is 10.0 Å². The van der Waals surface area contributed by atoms with Crippen LogP contribution in [-0.4, -0.2) is 57.4 Å². The van der Waals surface area contributed by atoms with E-state index in [0.29, 0.717) is 0 Å². The SMILES string of the molecule is [N-]=[N+]=N[C@]1(O)[C@@H](O)O[C@H](CO)[C@@H](OCc2ccc3ccccc3c2)[C@@H]1O. The first kappa shape index (κ1) is 18.6. The van der Waals surface area contributed by atoms with E-state index < -0.39 is 36.9 Å². The van der Waals surface area contributed by atoms with E-state index in [4.69, 9.17) is 15.0 Å². The van der Waals surface area contributed by atoms with Gasteiger partial charge in [0.05, 0.1) is 13.2 Å². The van der Waals surface area contributed by atoms with Crippen LogP contribution in [0, 0.1) is 0 Å². The highest BCUT2D eigenvalue weighted by atomic mass is 16.7. The van der Waals surface area contributed by atoms with Crippen LogP contribution >= 0.6 is 0 Å². The second-order valence-electron chi connectivity index (χ2n) is 6.08. The molecule has 0 spiro atoms. The number of aliphatic hydroxyl groups is 4. The summed E-state index contributed by atoms with van der Waals surface area (Å²) < 4.78 is 10.7. The lowest BCUT2D eigenvalue weighted by atomic mass is 9.94. The number of aliphatic hydroxyl groups excluding tert-OH is 3. The van der Waals surface area contributed by atoms with Gasteiger partial charge in [0.1, 0.15) is 18.3 Å². The molecular weight excluding hydrogens is 342 g/mol. The van der Waals surface area contributed by atoms with E-state index in [1.54, 1.807) is 0 Å². The Labute approximate surface area is 148 Å². The van der Waals surface area contributed by atoms with Crippen molar-refractivity contribution in [2.45, 2.75) is 36.9 Å². The topological polar surface area (TPSA) is 148 Å². The van der Waals surface area contributed by atoms with Gasteiger partial charge in [-0.25, -0.2) is 0 Å². The second kappa shape index (κ2) is 7.56. The number of benzene rings is 2. The predicted octanol–water partition coefficient (Wildman–Crippen LogP) is 0.794. The van der Waals surface area contributed by atoms with Gasteiger partial charge in [0.25, 0.3) is 0 Å². The van der Waals surface area contributed by atoms with E-state index in [1.807, 2.05) is 42.5 Å². The van der Waals surface area contributed by atoms with E-state index in [-0.39, 0.29) is 6.61 Å². The lowest BCUT2D eigenvalue weighted by molar-refractivity contribution is -0.334. The van der Waals surface area contributed by atoms with Gasteiger partial charge < -0.3 is 29.9 Å². The molecule has 0 aliphatic carbocycles. The number of rotatable bonds is 5. The Bertz CT molecular complexity index is 827. The Balaban J connectivity index is 1.80. The average molecular weight is 361 g/mol. The van der Waals surface area contributed by atoms with Crippen molar-refractivity contribution in [3.8, 4) is 0 Å². The molecule has 138 valence electrons. The maximum absolute atomic E-state index is 10.3. The Morgan fingerprint density at radius 2 is 1.92 bits per heavy atom. The third kappa shape index (κ3) is 3.37. The van der Waals surface area contributed by atoms with Crippen molar-refractivity contribution >= 4 is 10.8 Å². The number of hydrogen-bond donors (Lipinski definition) is 4. The first-order chi connectivity index (χ1) is 12.5. The van der Waals surface area contributed by atoms with E-state index in [0.717, 1.165) is 16.3 Å². The fraction of sp³-hybridized carbons (Fsp3) is 0.412. The molecule has 9 heteroatoms. The predicted molar refractivity (Wildman–Crippen MR) is 90.6 cm³/mol. The van der Waals surface area contributed by atoms with Crippen LogP contribution in [0.5, 0.6) is 0 Å². The minimum absolute atomic E-state index is 0.0505. The second-order valence-corrected chi connectivity index (χ2v) is 6.08. The number of fused-ring (bicyclic) bond motifs is 1. The Kier molecular flexibility index (Phi) is 5.40. The summed E-state index contributed by atoms with van der Waals surface area (Å²) in [5, 5.41) is 44.9. The monoisotopic (exact) mass is 361 g/mol. The molecule has 1 heterocycles. The van der Waals surface area contributed by atoms with Crippen molar-refractivity contribution < 1.29 is 29.9 Å². The van der Waals surface area contributed by atoms with Gasteiger partial charge in [-0.15, -0.1) is 0 Å². The highest BCUT2D eigenvalue weighted by Crippen LogP contribution is 2.32. The normalized spacial score (nSPS) is 31.5. The maximum Gasteiger partial charge on any atom is 0.223 e. The van der Waals surface area contributed by atoms with Gasteiger partial charge >= 0.3 is 0 Å². The molecule has 0 bridgehead atoms. The molecular formula is C17H19N3O6. The lowest BCUT2D eigenvalue weighted by Crippen LogP contribution is -2.66. The zero-order valence-corrected chi connectivity index (χ0v) is 13.7. The summed E-state index contributed by atoms with van der Waals surface area (Å²) in [6.45, 7) is -0.516. The summed E-state index contributed by atoms with van der Waals surface area (Å²) in [7, 11) is 0. The highest BCUT2D eigenvalue weighted by molar-refractivity contribution is 5.82. The number of azide groups is 1. The summed E-state index contributed by atoms with van der Waals surface area (Å²) in [6.07, 6.45) is -6.11. The first-order valence-corrected chi connectivity index (χ1v) is 8.00. The molecule has 26 heavy (non-hydrogen) atoms. The van der Waals surface area contributed by atoms with Gasteiger partial charge in [-0.1, -0.05) is 41.5 Å². The molecule has 1 saturated heterocycles. The lowest BCUT2D eigenvalue weighted by Gasteiger charge is -2.45. The van der Waals surface area contributed by atoms with E-state index in [9.17, 15) is 20.4 Å². The van der Waals surface area contributed by atoms with Crippen molar-refractivity contribution in [3.05, 3.63) is 58.5 Å². The Morgan fingerprint density at radius 3 is 2.62 bits per heavy atom. The summed E-state index contributed by atoms with van der Waals surface area (Å²) in [5.74, 6) is 0. The average Bonchev–Trinajstić information content (AvgIpc) is 2.65. The zero-order chi connectivity index (χ0) is 18.7. The molecule has 1 aliphatic rings. The van der Waals surface area contributed by atoms with Crippen LogP contribution in [0.25, 0.3) is 21.2 Å². The molecule has 5 atom stereocenters. The summed E-state index contributed by atoms with van der Waals surface area (Å²) in [5.41, 5.74) is 6.75. The standard InChI is InChI=1S/C17H19N3O6/c18-20-19-17(24)15(22)14(13(8-21)26-16(17)23)25-9-10-5-6-11-3-1-2-4-12(11)7-10/h1-7,13-16,21-24H,8-9H2/t13-,14-,15+,16+,17-/m1/s1. The Hall–Kier alpha value is -2.23. The molecule has 0 radical (unpaired) electrons. The van der Waals surface area contributed by atoms with Gasteiger partial charge in [-0.05, 0) is 27.9 Å². The third-order valence-corrected chi connectivity index (χ3v) is 4.42. The molecule has 0 saturated carbocycles. The minimum atomic E-state index is -2.62. The van der Waals surface area contributed by atoms with Crippen LogP contribution in [0.15, 0.2) is 47.6 Å². The minimum Gasteiger partial charge on any atom is -0.394 e. The number of hydrogen-bond acceptors (Lipinski definition) is 7. The molecule has 4 N–H and O–H groups in total. The molecule has 0 amide bonds. The van der Waals surface area contributed by atoms with Gasteiger partial charge in [0, 0.05) is 4.91 Å². The molecule has 9 nitrogen and oxygen atoms in total. The molecule has 1 fully saturated rings. The summed E-state index contributed by atoms with van der Waals surface area (Å²) in [6, 6.07) is 13.4. The van der Waals surface area contributed by atoms with E-state index in [1.165, 1.54) is 0 Å². The third-order valence-electron chi connectivity index (χ3n) is 4.42. The van der Waals surface area contributed by atoms with E-state index >= 15 is 0 Å². The van der Waals surface area contributed by atoms with Gasteiger partial charge in [0.2, 0.25) is 5.72 Å². The summed E-state index contributed by atoms with van der Waals surface area (Å²) >= 11 is 0. The van der Waals surface area contributed by atoms with Crippen LogP contribution in [0.3, 0.4) is 0 Å². The largest absolute Gasteiger partial charge is 0.394 e. The molecule has 0 aromatic heterocycles. The number of nitrogens with zero attached hydrogens (tertiary/aromatic N) is 3. The fourth-order valence-corrected chi connectivity index (χ4v) is 2.98. The van der Waals surface area contributed by atoms with Gasteiger partial charge in [-0.3, -0.25) is 0 Å². The van der Waals surface area contributed by atoms with Crippen molar-refractivity contribution in [2.24, 2.45) is 5.11 Å². The smallest absolute Gasteiger partial charge is 0.223 e. The maximum atomic E-state index is 10.3. The molecule has 1 aliphatic heterocycles. The van der Waals surface area contributed by atoms with Gasteiger partial charge in [0.15, 0.2) is 6.29 Å². The van der Waals surface area contributed by atoms with Crippen LogP contribution in [-0.2, 0) is 16.1 Å².